The van der Waals surface area contributed by atoms with Crippen LogP contribution >= 0.6 is 0 Å². The predicted molar refractivity (Wildman–Crippen MR) is 70.9 cm³/mol. The number of nitrogens with two attached hydrogens (primary N) is 1. The maximum absolute atomic E-state index is 11.5. The van der Waals surface area contributed by atoms with Gasteiger partial charge in [0.05, 0.1) is 28.3 Å². The number of nitrogens with zero attached hydrogens (tertiary/aromatic N) is 1. The van der Waals surface area contributed by atoms with Crippen LogP contribution in [0.3, 0.4) is 0 Å². The summed E-state index contributed by atoms with van der Waals surface area (Å²) in [6, 6.07) is 1.30. The maximum Gasteiger partial charge on any atom is 0.337 e. The minimum absolute atomic E-state index is 0.0144. The van der Waals surface area contributed by atoms with Crippen LogP contribution < -0.4 is 11.1 Å². The molecular weight excluding hydrogens is 270 g/mol. The van der Waals surface area contributed by atoms with E-state index in [0.29, 0.717) is 6.42 Å². The van der Waals surface area contributed by atoms with Crippen LogP contribution in [-0.4, -0.2) is 41.5 Å². The molecule has 0 aliphatic carbocycles. The molecule has 0 bridgehead atoms. The smallest absolute Gasteiger partial charge is 0.337 e. The summed E-state index contributed by atoms with van der Waals surface area (Å²) in [6.45, 7) is 1.76. The second kappa shape index (κ2) is 4.37. The number of sulfone groups is 1. The molecule has 7 nitrogen and oxygen atoms in total. The molecule has 1 saturated heterocycles. The number of anilines is 2. The van der Waals surface area contributed by atoms with Crippen LogP contribution in [0.15, 0.2) is 12.3 Å². The molecule has 0 spiro atoms. The number of carboxylic acid groups (broad SMARTS) is 1. The van der Waals surface area contributed by atoms with Gasteiger partial charge in [0, 0.05) is 6.20 Å². The molecule has 1 aromatic rings. The van der Waals surface area contributed by atoms with Crippen LogP contribution in [0.5, 0.6) is 0 Å². The van der Waals surface area contributed by atoms with Gasteiger partial charge in [-0.3, -0.25) is 0 Å². The molecule has 0 aromatic carbocycles. The standard InChI is InChI=1S/C11H15N3O4S/c1-11(3-5-19(17,18)6-11)14-9-8(12)7(10(15)16)2-4-13-9/h2,4H,3,5-6,12H2,1H3,(H,13,14)(H,15,16). The Morgan fingerprint density at radius 2 is 2.26 bits per heavy atom. The molecular formula is C11H15N3O4S. The third-order valence-electron chi connectivity index (χ3n) is 3.14. The Balaban J connectivity index is 2.30. The molecule has 1 aliphatic heterocycles. The van der Waals surface area contributed by atoms with E-state index in [0.717, 1.165) is 0 Å². The minimum Gasteiger partial charge on any atom is -0.478 e. The van der Waals surface area contributed by atoms with Crippen LogP contribution in [0.4, 0.5) is 11.5 Å². The highest BCUT2D eigenvalue weighted by atomic mass is 32.2. The molecule has 0 amide bonds. The second-order valence-corrected chi connectivity index (χ2v) is 7.14. The highest BCUT2D eigenvalue weighted by molar-refractivity contribution is 7.91. The topological polar surface area (TPSA) is 122 Å². The number of rotatable bonds is 3. The summed E-state index contributed by atoms with van der Waals surface area (Å²) in [5.74, 6) is -0.848. The Labute approximate surface area is 110 Å². The Kier molecular flexibility index (Phi) is 3.13. The molecule has 1 unspecified atom stereocenters. The average Bonchev–Trinajstić information content (AvgIpc) is 2.56. The van der Waals surface area contributed by atoms with Crippen molar-refractivity contribution in [3.63, 3.8) is 0 Å². The molecule has 1 aromatic heterocycles. The number of aromatic nitrogens is 1. The SMILES string of the molecule is CC1(Nc2nccc(C(=O)O)c2N)CCS(=O)(=O)C1. The summed E-state index contributed by atoms with van der Waals surface area (Å²) < 4.78 is 23.0. The number of aromatic carboxylic acids is 1. The quantitative estimate of drug-likeness (QED) is 0.732. The van der Waals surface area contributed by atoms with Gasteiger partial charge in [-0.05, 0) is 19.4 Å². The fourth-order valence-electron chi connectivity index (χ4n) is 2.15. The summed E-state index contributed by atoms with van der Waals surface area (Å²) in [6.07, 6.45) is 1.77. The van der Waals surface area contributed by atoms with E-state index in [2.05, 4.69) is 10.3 Å². The van der Waals surface area contributed by atoms with Gasteiger partial charge >= 0.3 is 5.97 Å². The number of hydrogen-bond acceptors (Lipinski definition) is 6. The molecule has 1 aliphatic rings. The van der Waals surface area contributed by atoms with E-state index in [-0.39, 0.29) is 28.6 Å². The van der Waals surface area contributed by atoms with Crippen molar-refractivity contribution < 1.29 is 18.3 Å². The Morgan fingerprint density at radius 1 is 1.58 bits per heavy atom. The number of nitrogens with one attached hydrogen (secondary N) is 1. The summed E-state index contributed by atoms with van der Waals surface area (Å²) in [5, 5.41) is 11.9. The summed E-state index contributed by atoms with van der Waals surface area (Å²) in [7, 11) is -3.06. The van der Waals surface area contributed by atoms with Gasteiger partial charge in [-0.25, -0.2) is 18.2 Å². The monoisotopic (exact) mass is 285 g/mol. The predicted octanol–water partition coefficient (Wildman–Crippen LogP) is 0.351. The van der Waals surface area contributed by atoms with Crippen molar-refractivity contribution in [3.05, 3.63) is 17.8 Å². The lowest BCUT2D eigenvalue weighted by atomic mass is 10.0. The molecule has 1 fully saturated rings. The lowest BCUT2D eigenvalue weighted by molar-refractivity contribution is 0.0698. The van der Waals surface area contributed by atoms with Crippen molar-refractivity contribution in [3.8, 4) is 0 Å². The van der Waals surface area contributed by atoms with Gasteiger partial charge < -0.3 is 16.2 Å². The first kappa shape index (κ1) is 13.6. The summed E-state index contributed by atoms with van der Waals surface area (Å²) >= 11 is 0. The molecule has 4 N–H and O–H groups in total. The number of carbonyl (C=O) groups is 1. The molecule has 2 heterocycles. The van der Waals surface area contributed by atoms with Crippen LogP contribution in [0.1, 0.15) is 23.7 Å². The van der Waals surface area contributed by atoms with Crippen LogP contribution in [0.2, 0.25) is 0 Å². The van der Waals surface area contributed by atoms with Gasteiger partial charge in [-0.1, -0.05) is 0 Å². The molecule has 1 atom stereocenters. The first-order valence-electron chi connectivity index (χ1n) is 5.69. The maximum atomic E-state index is 11.5. The number of hydrogen-bond donors (Lipinski definition) is 3. The van der Waals surface area contributed by atoms with Crippen molar-refractivity contribution in [2.24, 2.45) is 0 Å². The molecule has 104 valence electrons. The average molecular weight is 285 g/mol. The van der Waals surface area contributed by atoms with Gasteiger partial charge in [-0.15, -0.1) is 0 Å². The minimum atomic E-state index is -3.06. The van der Waals surface area contributed by atoms with E-state index in [9.17, 15) is 13.2 Å². The highest BCUT2D eigenvalue weighted by Gasteiger charge is 2.39. The third kappa shape index (κ3) is 2.78. The molecule has 0 saturated carbocycles. The largest absolute Gasteiger partial charge is 0.478 e. The fourth-order valence-corrected chi connectivity index (χ4v) is 4.25. The van der Waals surface area contributed by atoms with E-state index < -0.39 is 21.3 Å². The lowest BCUT2D eigenvalue weighted by Gasteiger charge is -2.25. The lowest BCUT2D eigenvalue weighted by Crippen LogP contribution is -2.36. The Morgan fingerprint density at radius 3 is 2.79 bits per heavy atom. The Hall–Kier alpha value is -1.83. The van der Waals surface area contributed by atoms with Crippen LogP contribution in [0, 0.1) is 0 Å². The van der Waals surface area contributed by atoms with Crippen LogP contribution in [-0.2, 0) is 9.84 Å². The van der Waals surface area contributed by atoms with E-state index >= 15 is 0 Å². The van der Waals surface area contributed by atoms with E-state index in [1.165, 1.54) is 12.3 Å². The van der Waals surface area contributed by atoms with Crippen LogP contribution in [0.25, 0.3) is 0 Å². The third-order valence-corrected chi connectivity index (χ3v) is 5.05. The first-order valence-corrected chi connectivity index (χ1v) is 7.51. The van der Waals surface area contributed by atoms with Crippen molar-refractivity contribution in [2.75, 3.05) is 22.6 Å². The van der Waals surface area contributed by atoms with Gasteiger partial charge in [0.25, 0.3) is 0 Å². The second-order valence-electron chi connectivity index (χ2n) is 4.95. The first-order chi connectivity index (χ1) is 8.72. The number of pyridine rings is 1. The molecule has 8 heteroatoms. The number of nitrogen functional groups attached to an aromatic ring is 1. The normalized spacial score (nSPS) is 25.1. The van der Waals surface area contributed by atoms with Crippen molar-refractivity contribution in [2.45, 2.75) is 18.9 Å². The fraction of sp³-hybridized carbons (Fsp3) is 0.455. The summed E-state index contributed by atoms with van der Waals surface area (Å²) in [5.41, 5.74) is 5.02. The van der Waals surface area contributed by atoms with E-state index in [1.807, 2.05) is 0 Å². The zero-order chi connectivity index (χ0) is 14.3. The van der Waals surface area contributed by atoms with Gasteiger partial charge in [-0.2, -0.15) is 0 Å². The molecule has 19 heavy (non-hydrogen) atoms. The van der Waals surface area contributed by atoms with Crippen molar-refractivity contribution in [1.82, 2.24) is 4.98 Å². The van der Waals surface area contributed by atoms with E-state index in [1.54, 1.807) is 6.92 Å². The van der Waals surface area contributed by atoms with Gasteiger partial charge in [0.15, 0.2) is 15.7 Å². The van der Waals surface area contributed by atoms with Crippen molar-refractivity contribution in [1.29, 1.82) is 0 Å². The number of carboxylic acids is 1. The zero-order valence-electron chi connectivity index (χ0n) is 10.4. The molecule has 0 radical (unpaired) electrons. The van der Waals surface area contributed by atoms with Gasteiger partial charge in [0.2, 0.25) is 0 Å². The highest BCUT2D eigenvalue weighted by Crippen LogP contribution is 2.30. The van der Waals surface area contributed by atoms with Crippen molar-refractivity contribution >= 4 is 27.3 Å². The van der Waals surface area contributed by atoms with Gasteiger partial charge in [0.1, 0.15) is 0 Å². The zero-order valence-corrected chi connectivity index (χ0v) is 11.2. The summed E-state index contributed by atoms with van der Waals surface area (Å²) in [4.78, 5) is 14.9. The Bertz CT molecular complexity index is 629. The van der Waals surface area contributed by atoms with E-state index in [4.69, 9.17) is 10.8 Å². The molecule has 2 rings (SSSR count).